The van der Waals surface area contributed by atoms with Gasteiger partial charge in [-0.25, -0.2) is 9.97 Å². The highest BCUT2D eigenvalue weighted by atomic mass is 35.5. The molecule has 1 aliphatic carbocycles. The number of amides is 1. The highest BCUT2D eigenvalue weighted by Gasteiger charge is 2.44. The van der Waals surface area contributed by atoms with Crippen molar-refractivity contribution in [1.29, 1.82) is 0 Å². The fraction of sp³-hybridized carbons (Fsp3) is 0.353. The van der Waals surface area contributed by atoms with Gasteiger partial charge < -0.3 is 10.6 Å². The number of nitrogens with zero attached hydrogens (tertiary/aromatic N) is 2. The molecule has 120 valence electrons. The Kier molecular flexibility index (Phi) is 4.76. The van der Waals surface area contributed by atoms with Crippen molar-refractivity contribution in [3.63, 3.8) is 0 Å². The summed E-state index contributed by atoms with van der Waals surface area (Å²) in [5.74, 6) is 0.578. The summed E-state index contributed by atoms with van der Waals surface area (Å²) in [7, 11) is 0. The van der Waals surface area contributed by atoms with Crippen LogP contribution < -0.4 is 10.6 Å². The molecule has 3 rings (SSSR count). The van der Waals surface area contributed by atoms with Gasteiger partial charge >= 0.3 is 0 Å². The molecule has 1 aromatic carbocycles. The zero-order chi connectivity index (χ0) is 16.1. The number of benzene rings is 1. The van der Waals surface area contributed by atoms with Crippen molar-refractivity contribution in [3.8, 4) is 0 Å². The first kappa shape index (κ1) is 15.7. The van der Waals surface area contributed by atoms with Crippen LogP contribution in [0, 0.1) is 0 Å². The van der Waals surface area contributed by atoms with Gasteiger partial charge in [-0.3, -0.25) is 4.79 Å². The summed E-state index contributed by atoms with van der Waals surface area (Å²) in [5, 5.41) is 6.80. The van der Waals surface area contributed by atoms with E-state index in [0.29, 0.717) is 25.5 Å². The number of anilines is 1. The van der Waals surface area contributed by atoms with Gasteiger partial charge in [0.05, 0.1) is 0 Å². The standard InChI is InChI=1S/C17H19ClN4O/c18-14-4-2-13(3-5-14)17(7-8-17)12-22-15(23)6-11-21-16-19-9-1-10-20-16/h1-5,9-10H,6-8,11-12H2,(H,22,23)(H,19,20,21). The molecular weight excluding hydrogens is 312 g/mol. The minimum Gasteiger partial charge on any atom is -0.355 e. The van der Waals surface area contributed by atoms with Gasteiger partial charge in [0.2, 0.25) is 11.9 Å². The molecule has 0 saturated heterocycles. The molecule has 0 bridgehead atoms. The molecule has 2 N–H and O–H groups in total. The highest BCUT2D eigenvalue weighted by molar-refractivity contribution is 6.30. The van der Waals surface area contributed by atoms with Crippen molar-refractivity contribution in [1.82, 2.24) is 15.3 Å². The molecule has 0 aliphatic heterocycles. The second-order valence-electron chi connectivity index (χ2n) is 5.81. The van der Waals surface area contributed by atoms with Crippen molar-refractivity contribution in [2.45, 2.75) is 24.7 Å². The fourth-order valence-corrected chi connectivity index (χ4v) is 2.68. The lowest BCUT2D eigenvalue weighted by molar-refractivity contribution is -0.120. The summed E-state index contributed by atoms with van der Waals surface area (Å²) in [6, 6.07) is 9.67. The SMILES string of the molecule is O=C(CCNc1ncccn1)NCC1(c2ccc(Cl)cc2)CC1. The maximum atomic E-state index is 12.0. The van der Waals surface area contributed by atoms with Gasteiger partial charge in [-0.2, -0.15) is 0 Å². The summed E-state index contributed by atoms with van der Waals surface area (Å²) in [6.45, 7) is 1.19. The second kappa shape index (κ2) is 6.96. The van der Waals surface area contributed by atoms with Crippen LogP contribution >= 0.6 is 11.6 Å². The lowest BCUT2D eigenvalue weighted by Gasteiger charge is -2.17. The Bertz CT molecular complexity index is 656. The van der Waals surface area contributed by atoms with Crippen LogP contribution in [0.3, 0.4) is 0 Å². The monoisotopic (exact) mass is 330 g/mol. The Morgan fingerprint density at radius 1 is 1.17 bits per heavy atom. The van der Waals surface area contributed by atoms with Gasteiger partial charge in [-0.05, 0) is 36.6 Å². The van der Waals surface area contributed by atoms with Gasteiger partial charge in [0.25, 0.3) is 0 Å². The molecule has 1 heterocycles. The summed E-state index contributed by atoms with van der Waals surface area (Å²) in [4.78, 5) is 20.1. The summed E-state index contributed by atoms with van der Waals surface area (Å²) < 4.78 is 0. The molecule has 6 heteroatoms. The number of carbonyl (C=O) groups is 1. The van der Waals surface area contributed by atoms with E-state index in [1.54, 1.807) is 18.5 Å². The average Bonchev–Trinajstić information content (AvgIpc) is 3.36. The zero-order valence-corrected chi connectivity index (χ0v) is 13.5. The second-order valence-corrected chi connectivity index (χ2v) is 6.25. The zero-order valence-electron chi connectivity index (χ0n) is 12.8. The Morgan fingerprint density at radius 2 is 1.87 bits per heavy atom. The predicted molar refractivity (Wildman–Crippen MR) is 90.5 cm³/mol. The van der Waals surface area contributed by atoms with Crippen LogP contribution in [0.15, 0.2) is 42.7 Å². The smallest absolute Gasteiger partial charge is 0.222 e. The minimum atomic E-state index is 0.0358. The highest BCUT2D eigenvalue weighted by Crippen LogP contribution is 2.47. The molecular formula is C17H19ClN4O. The van der Waals surface area contributed by atoms with Crippen LogP contribution in [-0.4, -0.2) is 29.0 Å². The van der Waals surface area contributed by atoms with Gasteiger partial charge in [0, 0.05) is 42.3 Å². The Balaban J connectivity index is 1.43. The number of rotatable bonds is 7. The normalized spacial score (nSPS) is 15.0. The maximum Gasteiger partial charge on any atom is 0.222 e. The number of aromatic nitrogens is 2. The topological polar surface area (TPSA) is 66.9 Å². The van der Waals surface area contributed by atoms with E-state index in [1.165, 1.54) is 5.56 Å². The molecule has 0 spiro atoms. The van der Waals surface area contributed by atoms with E-state index in [0.717, 1.165) is 17.9 Å². The van der Waals surface area contributed by atoms with E-state index in [4.69, 9.17) is 11.6 Å². The summed E-state index contributed by atoms with van der Waals surface area (Å²) >= 11 is 5.93. The van der Waals surface area contributed by atoms with E-state index in [1.807, 2.05) is 12.1 Å². The minimum absolute atomic E-state index is 0.0358. The van der Waals surface area contributed by atoms with E-state index >= 15 is 0 Å². The first-order chi connectivity index (χ1) is 11.2. The number of hydrogen-bond acceptors (Lipinski definition) is 4. The molecule has 0 unspecified atom stereocenters. The lowest BCUT2D eigenvalue weighted by Crippen LogP contribution is -2.33. The van der Waals surface area contributed by atoms with Gasteiger partial charge in [-0.1, -0.05) is 23.7 Å². The van der Waals surface area contributed by atoms with Crippen LogP contribution in [0.25, 0.3) is 0 Å². The van der Waals surface area contributed by atoms with E-state index in [-0.39, 0.29) is 11.3 Å². The van der Waals surface area contributed by atoms with Crippen molar-refractivity contribution >= 4 is 23.5 Å². The van der Waals surface area contributed by atoms with Crippen LogP contribution in [0.5, 0.6) is 0 Å². The molecule has 1 aliphatic rings. The van der Waals surface area contributed by atoms with E-state index < -0.39 is 0 Å². The van der Waals surface area contributed by atoms with Crippen LogP contribution in [0.4, 0.5) is 5.95 Å². The van der Waals surface area contributed by atoms with Crippen molar-refractivity contribution < 1.29 is 4.79 Å². The van der Waals surface area contributed by atoms with Crippen molar-refractivity contribution in [2.24, 2.45) is 0 Å². The summed E-state index contributed by atoms with van der Waals surface area (Å²) in [5.41, 5.74) is 1.34. The third-order valence-corrected chi connectivity index (χ3v) is 4.39. The third kappa shape index (κ3) is 4.20. The molecule has 1 amide bonds. The molecule has 2 aromatic rings. The van der Waals surface area contributed by atoms with Gasteiger partial charge in [0.15, 0.2) is 0 Å². The average molecular weight is 331 g/mol. The number of carbonyl (C=O) groups excluding carboxylic acids is 1. The first-order valence-corrected chi connectivity index (χ1v) is 8.09. The van der Waals surface area contributed by atoms with Crippen molar-refractivity contribution in [3.05, 3.63) is 53.3 Å². The molecule has 0 radical (unpaired) electrons. The van der Waals surface area contributed by atoms with Crippen molar-refractivity contribution in [2.75, 3.05) is 18.4 Å². The van der Waals surface area contributed by atoms with Gasteiger partial charge in [0.1, 0.15) is 0 Å². The van der Waals surface area contributed by atoms with E-state index in [2.05, 4.69) is 32.7 Å². The van der Waals surface area contributed by atoms with E-state index in [9.17, 15) is 4.79 Å². The lowest BCUT2D eigenvalue weighted by atomic mass is 9.96. The molecule has 1 saturated carbocycles. The predicted octanol–water partition coefficient (Wildman–Crippen LogP) is 2.78. The fourth-order valence-electron chi connectivity index (χ4n) is 2.56. The summed E-state index contributed by atoms with van der Waals surface area (Å²) in [6.07, 6.45) is 5.93. The van der Waals surface area contributed by atoms with Crippen LogP contribution in [0.1, 0.15) is 24.8 Å². The quantitative estimate of drug-likeness (QED) is 0.819. The van der Waals surface area contributed by atoms with Crippen LogP contribution in [-0.2, 0) is 10.2 Å². The number of nitrogens with one attached hydrogen (secondary N) is 2. The maximum absolute atomic E-state index is 12.0. The molecule has 23 heavy (non-hydrogen) atoms. The largest absolute Gasteiger partial charge is 0.355 e. The number of halogens is 1. The Hall–Kier alpha value is -2.14. The van der Waals surface area contributed by atoms with Gasteiger partial charge in [-0.15, -0.1) is 0 Å². The Morgan fingerprint density at radius 3 is 2.52 bits per heavy atom. The van der Waals surface area contributed by atoms with Crippen LogP contribution in [0.2, 0.25) is 5.02 Å². The molecule has 1 aromatic heterocycles. The molecule has 5 nitrogen and oxygen atoms in total. The Labute approximate surface area is 140 Å². The third-order valence-electron chi connectivity index (χ3n) is 4.14. The molecule has 1 fully saturated rings. The molecule has 0 atom stereocenters. The first-order valence-electron chi connectivity index (χ1n) is 7.72. The number of hydrogen-bond donors (Lipinski definition) is 2.